The molecule has 1 aromatic heterocycles. The number of nitrogens with one attached hydrogen (secondary N) is 1. The first kappa shape index (κ1) is 15.0. The number of aromatic nitrogens is 2. The Kier molecular flexibility index (Phi) is 4.42. The van der Waals surface area contributed by atoms with Gasteiger partial charge in [-0.1, -0.05) is 0 Å². The fraction of sp³-hybridized carbons (Fsp3) is 0.786. The molecule has 1 N–H and O–H groups in total. The number of hydrogen-bond donors (Lipinski definition) is 1. The minimum Gasteiger partial charge on any atom is -0.424 e. The van der Waals surface area contributed by atoms with Gasteiger partial charge in [0.05, 0.1) is 12.5 Å². The maximum Gasteiger partial charge on any atom is 0.230 e. The molecule has 6 heteroatoms. The zero-order valence-corrected chi connectivity index (χ0v) is 12.8. The van der Waals surface area contributed by atoms with Gasteiger partial charge in [0.2, 0.25) is 17.7 Å². The van der Waals surface area contributed by atoms with Crippen LogP contribution < -0.4 is 5.32 Å². The Hall–Kier alpha value is -1.43. The average Bonchev–Trinajstić information content (AvgIpc) is 2.73. The van der Waals surface area contributed by atoms with E-state index in [4.69, 9.17) is 4.42 Å². The van der Waals surface area contributed by atoms with E-state index in [0.29, 0.717) is 18.3 Å². The van der Waals surface area contributed by atoms with Crippen LogP contribution in [-0.2, 0) is 11.3 Å². The summed E-state index contributed by atoms with van der Waals surface area (Å²) in [7, 11) is 0. The van der Waals surface area contributed by atoms with Crippen molar-refractivity contribution >= 4 is 5.91 Å². The van der Waals surface area contributed by atoms with Crippen molar-refractivity contribution < 1.29 is 9.21 Å². The largest absolute Gasteiger partial charge is 0.424 e. The highest BCUT2D eigenvalue weighted by atomic mass is 16.4. The van der Waals surface area contributed by atoms with Gasteiger partial charge in [0.15, 0.2) is 0 Å². The Morgan fingerprint density at radius 3 is 2.80 bits per heavy atom. The number of amides is 1. The monoisotopic (exact) mass is 280 g/mol. The molecule has 6 nitrogen and oxygen atoms in total. The third-order valence-corrected chi connectivity index (χ3v) is 3.30. The van der Waals surface area contributed by atoms with Crippen LogP contribution in [0.5, 0.6) is 0 Å². The molecule has 1 aliphatic rings. The van der Waals surface area contributed by atoms with Crippen molar-refractivity contribution in [2.45, 2.75) is 52.6 Å². The van der Waals surface area contributed by atoms with Gasteiger partial charge in [0.25, 0.3) is 0 Å². The Morgan fingerprint density at radius 2 is 2.20 bits per heavy atom. The van der Waals surface area contributed by atoms with E-state index in [9.17, 15) is 4.79 Å². The molecule has 20 heavy (non-hydrogen) atoms. The number of hydrogen-bond acceptors (Lipinski definition) is 5. The average molecular weight is 280 g/mol. The SMILES string of the molecule is Cc1nnc(CN2CCCC(C(=O)NC(C)(C)C)C2)o1. The fourth-order valence-corrected chi connectivity index (χ4v) is 2.48. The number of piperidine rings is 1. The molecule has 1 amide bonds. The van der Waals surface area contributed by atoms with Crippen LogP contribution in [-0.4, -0.2) is 39.6 Å². The van der Waals surface area contributed by atoms with Gasteiger partial charge in [-0.25, -0.2) is 0 Å². The molecule has 1 atom stereocenters. The zero-order chi connectivity index (χ0) is 14.8. The molecule has 112 valence electrons. The molecular formula is C14H24N4O2. The van der Waals surface area contributed by atoms with Gasteiger partial charge in [-0.15, -0.1) is 10.2 Å². The van der Waals surface area contributed by atoms with Gasteiger partial charge in [0.1, 0.15) is 0 Å². The number of carbonyl (C=O) groups is 1. The van der Waals surface area contributed by atoms with Crippen molar-refractivity contribution in [2.24, 2.45) is 5.92 Å². The lowest BCUT2D eigenvalue weighted by molar-refractivity contribution is -0.128. The maximum absolute atomic E-state index is 12.2. The second kappa shape index (κ2) is 5.91. The minimum absolute atomic E-state index is 0.0481. The second-order valence-corrected chi connectivity index (χ2v) is 6.53. The first-order valence-corrected chi connectivity index (χ1v) is 7.17. The number of aryl methyl sites for hydroxylation is 1. The first-order valence-electron chi connectivity index (χ1n) is 7.17. The van der Waals surface area contributed by atoms with E-state index in [2.05, 4.69) is 20.4 Å². The van der Waals surface area contributed by atoms with Crippen LogP contribution in [0.25, 0.3) is 0 Å². The van der Waals surface area contributed by atoms with E-state index in [1.807, 2.05) is 20.8 Å². The third-order valence-electron chi connectivity index (χ3n) is 3.30. The second-order valence-electron chi connectivity index (χ2n) is 6.53. The van der Waals surface area contributed by atoms with Crippen LogP contribution in [0.2, 0.25) is 0 Å². The lowest BCUT2D eigenvalue weighted by Gasteiger charge is -2.32. The summed E-state index contributed by atoms with van der Waals surface area (Å²) >= 11 is 0. The van der Waals surface area contributed by atoms with Crippen LogP contribution in [0.4, 0.5) is 0 Å². The van der Waals surface area contributed by atoms with Gasteiger partial charge in [0, 0.05) is 19.0 Å². The molecular weight excluding hydrogens is 256 g/mol. The summed E-state index contributed by atoms with van der Waals surface area (Å²) in [5.41, 5.74) is -0.178. The summed E-state index contributed by atoms with van der Waals surface area (Å²) in [6, 6.07) is 0. The summed E-state index contributed by atoms with van der Waals surface area (Å²) < 4.78 is 5.40. The standard InChI is InChI=1S/C14H24N4O2/c1-10-16-17-12(20-10)9-18-7-5-6-11(8-18)13(19)15-14(2,3)4/h11H,5-9H2,1-4H3,(H,15,19). The fourth-order valence-electron chi connectivity index (χ4n) is 2.48. The quantitative estimate of drug-likeness (QED) is 0.908. The van der Waals surface area contributed by atoms with Crippen molar-refractivity contribution in [3.8, 4) is 0 Å². The summed E-state index contributed by atoms with van der Waals surface area (Å²) in [5.74, 6) is 1.40. The van der Waals surface area contributed by atoms with Crippen LogP contribution in [0.1, 0.15) is 45.4 Å². The number of likely N-dealkylation sites (tertiary alicyclic amines) is 1. The molecule has 1 unspecified atom stereocenters. The maximum atomic E-state index is 12.2. The molecule has 0 aliphatic carbocycles. The van der Waals surface area contributed by atoms with Crippen molar-refractivity contribution in [1.82, 2.24) is 20.4 Å². The number of nitrogens with zero attached hydrogens (tertiary/aromatic N) is 3. The van der Waals surface area contributed by atoms with Gasteiger partial charge in [-0.2, -0.15) is 0 Å². The Labute approximate surface area is 119 Å². The Balaban J connectivity index is 1.90. The molecule has 2 rings (SSSR count). The number of carbonyl (C=O) groups excluding carboxylic acids is 1. The molecule has 0 aromatic carbocycles. The summed E-state index contributed by atoms with van der Waals surface area (Å²) in [5, 5.41) is 10.9. The first-order chi connectivity index (χ1) is 9.33. The molecule has 2 heterocycles. The zero-order valence-electron chi connectivity index (χ0n) is 12.8. The van der Waals surface area contributed by atoms with Crippen molar-refractivity contribution in [1.29, 1.82) is 0 Å². The van der Waals surface area contributed by atoms with Crippen molar-refractivity contribution in [3.05, 3.63) is 11.8 Å². The van der Waals surface area contributed by atoms with E-state index < -0.39 is 0 Å². The smallest absolute Gasteiger partial charge is 0.230 e. The molecule has 1 aliphatic heterocycles. The molecule has 1 saturated heterocycles. The van der Waals surface area contributed by atoms with Crippen molar-refractivity contribution in [2.75, 3.05) is 13.1 Å². The van der Waals surface area contributed by atoms with E-state index in [-0.39, 0.29) is 17.4 Å². The summed E-state index contributed by atoms with van der Waals surface area (Å²) in [6.45, 7) is 10.2. The van der Waals surface area contributed by atoms with Crippen LogP contribution in [0, 0.1) is 12.8 Å². The van der Waals surface area contributed by atoms with Crippen LogP contribution in [0.3, 0.4) is 0 Å². The highest BCUT2D eigenvalue weighted by molar-refractivity contribution is 5.79. The Bertz CT molecular complexity index is 464. The van der Waals surface area contributed by atoms with E-state index in [1.54, 1.807) is 6.92 Å². The topological polar surface area (TPSA) is 71.3 Å². The normalized spacial score (nSPS) is 20.9. The Morgan fingerprint density at radius 1 is 1.45 bits per heavy atom. The molecule has 0 radical (unpaired) electrons. The van der Waals surface area contributed by atoms with Crippen LogP contribution >= 0.6 is 0 Å². The third kappa shape index (κ3) is 4.30. The van der Waals surface area contributed by atoms with Crippen molar-refractivity contribution in [3.63, 3.8) is 0 Å². The molecule has 0 bridgehead atoms. The molecule has 0 spiro atoms. The molecule has 1 fully saturated rings. The summed E-state index contributed by atoms with van der Waals surface area (Å²) in [6.07, 6.45) is 1.97. The van der Waals surface area contributed by atoms with Gasteiger partial charge in [-0.05, 0) is 40.2 Å². The minimum atomic E-state index is -0.178. The van der Waals surface area contributed by atoms with E-state index in [1.165, 1.54) is 0 Å². The highest BCUT2D eigenvalue weighted by Gasteiger charge is 2.28. The predicted octanol–water partition coefficient (Wildman–Crippen LogP) is 1.50. The molecule has 0 saturated carbocycles. The number of rotatable bonds is 3. The predicted molar refractivity (Wildman–Crippen MR) is 74.9 cm³/mol. The van der Waals surface area contributed by atoms with Crippen LogP contribution in [0.15, 0.2) is 4.42 Å². The lowest BCUT2D eigenvalue weighted by atomic mass is 9.95. The van der Waals surface area contributed by atoms with Gasteiger partial charge >= 0.3 is 0 Å². The van der Waals surface area contributed by atoms with Gasteiger partial charge in [-0.3, -0.25) is 9.69 Å². The molecule has 1 aromatic rings. The summed E-state index contributed by atoms with van der Waals surface area (Å²) in [4.78, 5) is 14.4. The van der Waals surface area contributed by atoms with E-state index >= 15 is 0 Å². The van der Waals surface area contributed by atoms with E-state index in [0.717, 1.165) is 25.9 Å². The lowest BCUT2D eigenvalue weighted by Crippen LogP contribution is -2.48. The van der Waals surface area contributed by atoms with Gasteiger partial charge < -0.3 is 9.73 Å². The highest BCUT2D eigenvalue weighted by Crippen LogP contribution is 2.19.